The van der Waals surface area contributed by atoms with E-state index >= 15 is 0 Å². The van der Waals surface area contributed by atoms with E-state index in [1.54, 1.807) is 38.1 Å². The molecule has 0 saturated heterocycles. The average molecular weight is 262 g/mol. The number of hydrogen-bond acceptors (Lipinski definition) is 0. The van der Waals surface area contributed by atoms with E-state index < -0.39 is 17.3 Å². The molecule has 0 saturated carbocycles. The van der Waals surface area contributed by atoms with Crippen molar-refractivity contribution in [1.82, 2.24) is 0 Å². The molecule has 3 heteroatoms. The Kier molecular flexibility index (Phi) is 2.34. The van der Waals surface area contributed by atoms with Crippen LogP contribution in [0.3, 0.4) is 0 Å². The van der Waals surface area contributed by atoms with Gasteiger partial charge in [-0.2, -0.15) is 8.78 Å². The van der Waals surface area contributed by atoms with E-state index in [2.05, 4.69) is 0 Å². The van der Waals surface area contributed by atoms with Gasteiger partial charge in [0, 0.05) is 5.56 Å². The van der Waals surface area contributed by atoms with Crippen molar-refractivity contribution >= 4 is 0 Å². The summed E-state index contributed by atoms with van der Waals surface area (Å²) in [5.41, 5.74) is 1.82. The predicted octanol–water partition coefficient (Wildman–Crippen LogP) is 4.87. The molecular weight excluding hydrogens is 249 g/mol. The number of benzene rings is 2. The van der Waals surface area contributed by atoms with Crippen LogP contribution in [-0.4, -0.2) is 0 Å². The van der Waals surface area contributed by atoms with Crippen molar-refractivity contribution in [2.45, 2.75) is 26.7 Å². The second-order valence-corrected chi connectivity index (χ2v) is 5.12. The van der Waals surface area contributed by atoms with Gasteiger partial charge in [0.1, 0.15) is 5.82 Å². The summed E-state index contributed by atoms with van der Waals surface area (Å²) in [5, 5.41) is 0. The number of rotatable bonds is 0. The molecule has 0 nitrogen and oxygen atoms in total. The molecule has 0 aliphatic heterocycles. The number of halogens is 3. The highest BCUT2D eigenvalue weighted by Gasteiger charge is 2.48. The van der Waals surface area contributed by atoms with Gasteiger partial charge in [-0.05, 0) is 48.6 Å². The standard InChI is InChI=1S/C16H13F3/c1-8-4-6-11-12-7-5-9(2)15(17)14(12)16(18,19)13(11)10(8)3/h4-7H,1-3H3. The lowest BCUT2D eigenvalue weighted by molar-refractivity contribution is 0.0434. The summed E-state index contributed by atoms with van der Waals surface area (Å²) in [6.07, 6.45) is 0. The second-order valence-electron chi connectivity index (χ2n) is 5.12. The first-order valence-corrected chi connectivity index (χ1v) is 6.14. The van der Waals surface area contributed by atoms with Crippen LogP contribution in [0, 0.1) is 26.6 Å². The zero-order valence-electron chi connectivity index (χ0n) is 10.9. The van der Waals surface area contributed by atoms with Gasteiger partial charge < -0.3 is 0 Å². The first kappa shape index (κ1) is 12.3. The van der Waals surface area contributed by atoms with Gasteiger partial charge in [0.15, 0.2) is 0 Å². The van der Waals surface area contributed by atoms with Crippen molar-refractivity contribution in [2.75, 3.05) is 0 Å². The Bertz CT molecular complexity index is 640. The summed E-state index contributed by atoms with van der Waals surface area (Å²) in [6.45, 7) is 4.96. The van der Waals surface area contributed by atoms with Crippen LogP contribution in [0.1, 0.15) is 27.8 Å². The van der Waals surface area contributed by atoms with E-state index in [9.17, 15) is 13.2 Å². The number of aryl methyl sites for hydroxylation is 2. The fourth-order valence-corrected chi connectivity index (χ4v) is 2.78. The van der Waals surface area contributed by atoms with Gasteiger partial charge in [-0.15, -0.1) is 0 Å². The highest BCUT2D eigenvalue weighted by molar-refractivity contribution is 5.81. The van der Waals surface area contributed by atoms with Gasteiger partial charge in [0.2, 0.25) is 0 Å². The molecule has 1 aliphatic rings. The molecule has 0 aromatic heterocycles. The third-order valence-corrected chi connectivity index (χ3v) is 3.99. The third-order valence-electron chi connectivity index (χ3n) is 3.99. The molecule has 0 heterocycles. The van der Waals surface area contributed by atoms with Gasteiger partial charge in [0.05, 0.1) is 5.56 Å². The maximum absolute atomic E-state index is 14.6. The van der Waals surface area contributed by atoms with E-state index in [0.29, 0.717) is 16.7 Å². The Morgan fingerprint density at radius 2 is 1.32 bits per heavy atom. The van der Waals surface area contributed by atoms with Gasteiger partial charge >= 0.3 is 5.92 Å². The van der Waals surface area contributed by atoms with Crippen molar-refractivity contribution in [3.8, 4) is 11.1 Å². The quantitative estimate of drug-likeness (QED) is 0.635. The molecule has 0 unspecified atom stereocenters. The molecular formula is C16H13F3. The minimum absolute atomic E-state index is 0.0491. The van der Waals surface area contributed by atoms with Gasteiger partial charge in [-0.1, -0.05) is 24.3 Å². The summed E-state index contributed by atoms with van der Waals surface area (Å²) in [7, 11) is 0. The Morgan fingerprint density at radius 1 is 0.789 bits per heavy atom. The summed E-state index contributed by atoms with van der Waals surface area (Å²) >= 11 is 0. The van der Waals surface area contributed by atoms with Gasteiger partial charge in [-0.25, -0.2) is 4.39 Å². The van der Waals surface area contributed by atoms with Crippen LogP contribution in [0.5, 0.6) is 0 Å². The molecule has 0 fully saturated rings. The molecule has 0 amide bonds. The predicted molar refractivity (Wildman–Crippen MR) is 69.0 cm³/mol. The van der Waals surface area contributed by atoms with Crippen LogP contribution in [0.4, 0.5) is 13.2 Å². The molecule has 1 aliphatic carbocycles. The molecule has 3 rings (SSSR count). The van der Waals surface area contributed by atoms with E-state index in [-0.39, 0.29) is 11.1 Å². The highest BCUT2D eigenvalue weighted by Crippen LogP contribution is 2.53. The van der Waals surface area contributed by atoms with E-state index in [1.165, 1.54) is 6.92 Å². The Labute approximate surface area is 109 Å². The molecule has 2 aromatic carbocycles. The molecule has 98 valence electrons. The Balaban J connectivity index is 2.46. The second kappa shape index (κ2) is 3.62. The van der Waals surface area contributed by atoms with Crippen molar-refractivity contribution in [2.24, 2.45) is 0 Å². The lowest BCUT2D eigenvalue weighted by Crippen LogP contribution is -2.15. The third kappa shape index (κ3) is 1.41. The number of fused-ring (bicyclic) bond motifs is 3. The van der Waals surface area contributed by atoms with Crippen LogP contribution in [-0.2, 0) is 5.92 Å². The molecule has 19 heavy (non-hydrogen) atoms. The zero-order valence-corrected chi connectivity index (χ0v) is 10.9. The molecule has 0 bridgehead atoms. The van der Waals surface area contributed by atoms with Crippen molar-refractivity contribution in [1.29, 1.82) is 0 Å². The Morgan fingerprint density at radius 3 is 1.95 bits per heavy atom. The van der Waals surface area contributed by atoms with E-state index in [0.717, 1.165) is 5.56 Å². The van der Waals surface area contributed by atoms with Crippen molar-refractivity contribution in [3.05, 3.63) is 57.9 Å². The van der Waals surface area contributed by atoms with Gasteiger partial charge in [-0.3, -0.25) is 0 Å². The number of alkyl halides is 2. The Hall–Kier alpha value is -1.77. The van der Waals surface area contributed by atoms with Gasteiger partial charge in [0.25, 0.3) is 0 Å². The van der Waals surface area contributed by atoms with E-state index in [4.69, 9.17) is 0 Å². The maximum Gasteiger partial charge on any atom is 0.302 e. The van der Waals surface area contributed by atoms with Crippen LogP contribution in [0.2, 0.25) is 0 Å². The highest BCUT2D eigenvalue weighted by atomic mass is 19.3. The molecule has 0 atom stereocenters. The maximum atomic E-state index is 14.6. The van der Waals surface area contributed by atoms with Crippen molar-refractivity contribution in [3.63, 3.8) is 0 Å². The van der Waals surface area contributed by atoms with Crippen LogP contribution in [0.25, 0.3) is 11.1 Å². The zero-order chi connectivity index (χ0) is 13.9. The summed E-state index contributed by atoms with van der Waals surface area (Å²) < 4.78 is 43.3. The lowest BCUT2D eigenvalue weighted by atomic mass is 9.97. The topological polar surface area (TPSA) is 0 Å². The minimum atomic E-state index is -3.25. The smallest absolute Gasteiger partial charge is 0.206 e. The summed E-state index contributed by atoms with van der Waals surface area (Å²) in [6, 6.07) is 6.60. The molecule has 0 N–H and O–H groups in total. The van der Waals surface area contributed by atoms with Crippen LogP contribution < -0.4 is 0 Å². The first-order chi connectivity index (χ1) is 8.85. The van der Waals surface area contributed by atoms with Crippen LogP contribution in [0.15, 0.2) is 24.3 Å². The van der Waals surface area contributed by atoms with Crippen LogP contribution >= 0.6 is 0 Å². The summed E-state index contributed by atoms with van der Waals surface area (Å²) in [4.78, 5) is 0. The fraction of sp³-hybridized carbons (Fsp3) is 0.250. The number of hydrogen-bond donors (Lipinski definition) is 0. The monoisotopic (exact) mass is 262 g/mol. The average Bonchev–Trinajstić information content (AvgIpc) is 2.58. The summed E-state index contributed by atoms with van der Waals surface area (Å²) in [5.74, 6) is -4.05. The van der Waals surface area contributed by atoms with E-state index in [1.807, 2.05) is 0 Å². The fourth-order valence-electron chi connectivity index (χ4n) is 2.78. The molecule has 0 radical (unpaired) electrons. The first-order valence-electron chi connectivity index (χ1n) is 6.14. The largest absolute Gasteiger partial charge is 0.302 e. The molecule has 2 aromatic rings. The SMILES string of the molecule is Cc1ccc2c(c1C)C(F)(F)c1c-2ccc(C)c1F. The normalized spacial score (nSPS) is 15.3. The molecule has 0 spiro atoms. The minimum Gasteiger partial charge on any atom is -0.206 e. The van der Waals surface area contributed by atoms with Crippen molar-refractivity contribution < 1.29 is 13.2 Å². The lowest BCUT2D eigenvalue weighted by Gasteiger charge is -2.16.